The fourth-order valence-electron chi connectivity index (χ4n) is 2.60. The molecule has 1 unspecified atom stereocenters. The van der Waals surface area contributed by atoms with Crippen LogP contribution in [0.5, 0.6) is 0 Å². The van der Waals surface area contributed by atoms with Crippen LogP contribution < -0.4 is 0 Å². The predicted molar refractivity (Wildman–Crippen MR) is 92.3 cm³/mol. The normalized spacial score (nSPS) is 14.0. The van der Waals surface area contributed by atoms with Gasteiger partial charge in [0.1, 0.15) is 0 Å². The van der Waals surface area contributed by atoms with E-state index in [4.69, 9.17) is 32.7 Å². The van der Waals surface area contributed by atoms with Gasteiger partial charge in [-0.1, -0.05) is 41.4 Å². The maximum Gasteiger partial charge on any atom is 0.417 e. The van der Waals surface area contributed by atoms with Crippen LogP contribution in [0.25, 0.3) is 0 Å². The molecule has 0 spiro atoms. The topological polar surface area (TPSA) is 35.5 Å². The smallest absolute Gasteiger partial charge is 0.417 e. The number of methoxy groups -OCH3 is 1. The maximum atomic E-state index is 13.3. The van der Waals surface area contributed by atoms with Gasteiger partial charge in [-0.05, 0) is 36.8 Å². The molecule has 0 fully saturated rings. The maximum absolute atomic E-state index is 13.3. The van der Waals surface area contributed by atoms with E-state index < -0.39 is 28.3 Å². The molecule has 1 atom stereocenters. The Bertz CT molecular complexity index is 791. The Labute approximate surface area is 158 Å². The summed E-state index contributed by atoms with van der Waals surface area (Å²) in [6.45, 7) is 1.61. The molecule has 2 rings (SSSR count). The molecule has 0 saturated heterocycles. The molecule has 2 aromatic rings. The molecule has 3 nitrogen and oxygen atoms in total. The van der Waals surface area contributed by atoms with Gasteiger partial charge in [0.25, 0.3) is 0 Å². The summed E-state index contributed by atoms with van der Waals surface area (Å²) < 4.78 is 50.3. The zero-order valence-corrected chi connectivity index (χ0v) is 15.4. The third kappa shape index (κ3) is 3.82. The first-order chi connectivity index (χ1) is 12.2. The summed E-state index contributed by atoms with van der Waals surface area (Å²) in [5.41, 5.74) is -2.75. The van der Waals surface area contributed by atoms with Crippen LogP contribution in [0.2, 0.25) is 10.0 Å². The van der Waals surface area contributed by atoms with Crippen molar-refractivity contribution in [2.24, 2.45) is 0 Å². The average molecular weight is 407 g/mol. The molecule has 0 heterocycles. The van der Waals surface area contributed by atoms with Gasteiger partial charge in [-0.3, -0.25) is 0 Å². The molecular formula is C18H15Cl2F3O3. The molecule has 26 heavy (non-hydrogen) atoms. The summed E-state index contributed by atoms with van der Waals surface area (Å²) in [5, 5.41) is -0.0825. The summed E-state index contributed by atoms with van der Waals surface area (Å²) in [4.78, 5) is 12.7. The third-order valence-corrected chi connectivity index (χ3v) is 4.38. The van der Waals surface area contributed by atoms with Gasteiger partial charge in [-0.25, -0.2) is 4.79 Å². The number of carbonyl (C=O) groups is 1. The SMILES string of the molecule is CCOC(=O)C(OC)(c1ccc(Cl)cc1)c1ccc(Cl)c(C(F)(F)F)c1. The Morgan fingerprint density at radius 2 is 1.62 bits per heavy atom. The van der Waals surface area contributed by atoms with Gasteiger partial charge in [-0.2, -0.15) is 13.2 Å². The number of hydrogen-bond donors (Lipinski definition) is 0. The summed E-state index contributed by atoms with van der Waals surface area (Å²) in [5.74, 6) is -0.847. The fraction of sp³-hybridized carbons (Fsp3) is 0.278. The Balaban J connectivity index is 2.76. The first-order valence-electron chi connectivity index (χ1n) is 7.52. The lowest BCUT2D eigenvalue weighted by molar-refractivity contribution is -0.165. The predicted octanol–water partition coefficient (Wildman–Crippen LogP) is 5.47. The molecule has 0 bridgehead atoms. The van der Waals surface area contributed by atoms with Crippen LogP contribution in [0.15, 0.2) is 42.5 Å². The van der Waals surface area contributed by atoms with Crippen LogP contribution in [0.3, 0.4) is 0 Å². The highest BCUT2D eigenvalue weighted by Crippen LogP contribution is 2.41. The standard InChI is InChI=1S/C18H15Cl2F3O3/c1-3-26-16(24)17(25-2,11-4-7-13(19)8-5-11)12-6-9-15(20)14(10-12)18(21,22)23/h4-10H,3H2,1-2H3. The zero-order valence-electron chi connectivity index (χ0n) is 13.9. The molecular weight excluding hydrogens is 392 g/mol. The van der Waals surface area contributed by atoms with E-state index in [2.05, 4.69) is 0 Å². The van der Waals surface area contributed by atoms with Crippen molar-refractivity contribution in [3.05, 3.63) is 69.2 Å². The molecule has 0 N–H and O–H groups in total. The number of benzene rings is 2. The number of hydrogen-bond acceptors (Lipinski definition) is 3. The highest BCUT2D eigenvalue weighted by molar-refractivity contribution is 6.31. The first kappa shape index (κ1) is 20.6. The molecule has 0 aromatic heterocycles. The molecule has 140 valence electrons. The van der Waals surface area contributed by atoms with E-state index in [0.717, 1.165) is 12.1 Å². The van der Waals surface area contributed by atoms with Gasteiger partial charge in [0.2, 0.25) is 5.60 Å². The number of ether oxygens (including phenoxy) is 2. The largest absolute Gasteiger partial charge is 0.463 e. The summed E-state index contributed by atoms with van der Waals surface area (Å²) in [6.07, 6.45) is -4.69. The van der Waals surface area contributed by atoms with E-state index in [0.29, 0.717) is 5.02 Å². The van der Waals surface area contributed by atoms with E-state index in [9.17, 15) is 18.0 Å². The van der Waals surface area contributed by atoms with Crippen LogP contribution in [-0.4, -0.2) is 19.7 Å². The molecule has 0 saturated carbocycles. The molecule has 0 radical (unpaired) electrons. The van der Waals surface area contributed by atoms with Crippen molar-refractivity contribution < 1.29 is 27.4 Å². The Hall–Kier alpha value is -1.76. The lowest BCUT2D eigenvalue weighted by atomic mass is 9.85. The average Bonchev–Trinajstić information content (AvgIpc) is 2.58. The minimum absolute atomic E-state index is 0.0251. The van der Waals surface area contributed by atoms with Gasteiger partial charge < -0.3 is 9.47 Å². The quantitative estimate of drug-likeness (QED) is 0.617. The second-order valence-corrected chi connectivity index (χ2v) is 6.15. The number of esters is 1. The molecule has 8 heteroatoms. The van der Waals surface area contributed by atoms with E-state index in [1.165, 1.54) is 37.4 Å². The summed E-state index contributed by atoms with van der Waals surface area (Å²) in [7, 11) is 1.22. The lowest BCUT2D eigenvalue weighted by Gasteiger charge is -2.31. The number of carbonyl (C=O) groups excluding carboxylic acids is 1. The second kappa shape index (κ2) is 7.86. The number of rotatable bonds is 5. The van der Waals surface area contributed by atoms with Crippen LogP contribution in [0, 0.1) is 0 Å². The van der Waals surface area contributed by atoms with Crippen molar-refractivity contribution in [3.63, 3.8) is 0 Å². The van der Waals surface area contributed by atoms with Crippen molar-refractivity contribution in [2.45, 2.75) is 18.7 Å². The van der Waals surface area contributed by atoms with Gasteiger partial charge in [0.15, 0.2) is 0 Å². The second-order valence-electron chi connectivity index (χ2n) is 5.31. The Morgan fingerprint density at radius 3 is 2.12 bits per heavy atom. The van der Waals surface area contributed by atoms with Gasteiger partial charge >= 0.3 is 12.1 Å². The third-order valence-electron chi connectivity index (χ3n) is 3.80. The summed E-state index contributed by atoms with van der Waals surface area (Å²) in [6, 6.07) is 9.15. The Morgan fingerprint density at radius 1 is 1.04 bits per heavy atom. The van der Waals surface area contributed by atoms with E-state index in [-0.39, 0.29) is 17.7 Å². The minimum atomic E-state index is -4.69. The van der Waals surface area contributed by atoms with Crippen molar-refractivity contribution in [3.8, 4) is 0 Å². The fourth-order valence-corrected chi connectivity index (χ4v) is 2.95. The monoisotopic (exact) mass is 406 g/mol. The van der Waals surface area contributed by atoms with E-state index >= 15 is 0 Å². The van der Waals surface area contributed by atoms with Gasteiger partial charge in [0.05, 0.1) is 17.2 Å². The molecule has 0 aliphatic carbocycles. The molecule has 0 aliphatic rings. The minimum Gasteiger partial charge on any atom is -0.463 e. The lowest BCUT2D eigenvalue weighted by Crippen LogP contribution is -2.41. The van der Waals surface area contributed by atoms with Crippen molar-refractivity contribution in [1.29, 1.82) is 0 Å². The number of alkyl halides is 3. The summed E-state index contributed by atoms with van der Waals surface area (Å²) >= 11 is 11.6. The van der Waals surface area contributed by atoms with Gasteiger partial charge in [-0.15, -0.1) is 0 Å². The van der Waals surface area contributed by atoms with Crippen LogP contribution in [-0.2, 0) is 26.0 Å². The first-order valence-corrected chi connectivity index (χ1v) is 8.28. The van der Waals surface area contributed by atoms with E-state index in [1.807, 2.05) is 0 Å². The molecule has 0 aliphatic heterocycles. The zero-order chi connectivity index (χ0) is 19.5. The van der Waals surface area contributed by atoms with Crippen molar-refractivity contribution >= 4 is 29.2 Å². The van der Waals surface area contributed by atoms with E-state index in [1.54, 1.807) is 6.92 Å². The Kier molecular flexibility index (Phi) is 6.21. The van der Waals surface area contributed by atoms with Gasteiger partial charge in [0, 0.05) is 17.7 Å². The molecule has 2 aromatic carbocycles. The number of halogens is 5. The highest BCUT2D eigenvalue weighted by Gasteiger charge is 2.46. The van der Waals surface area contributed by atoms with Crippen LogP contribution in [0.1, 0.15) is 23.6 Å². The van der Waals surface area contributed by atoms with Crippen molar-refractivity contribution in [1.82, 2.24) is 0 Å². The van der Waals surface area contributed by atoms with Crippen LogP contribution >= 0.6 is 23.2 Å². The van der Waals surface area contributed by atoms with Crippen LogP contribution in [0.4, 0.5) is 13.2 Å². The molecule has 0 amide bonds. The van der Waals surface area contributed by atoms with Crippen molar-refractivity contribution in [2.75, 3.05) is 13.7 Å². The highest BCUT2D eigenvalue weighted by atomic mass is 35.5.